The Balaban J connectivity index is 2.56. The lowest BCUT2D eigenvalue weighted by Crippen LogP contribution is -2.16. The van der Waals surface area contributed by atoms with Gasteiger partial charge in [-0.1, -0.05) is 6.92 Å². The summed E-state index contributed by atoms with van der Waals surface area (Å²) in [5, 5.41) is 10.9. The van der Waals surface area contributed by atoms with Gasteiger partial charge in [0.05, 0.1) is 11.4 Å². The van der Waals surface area contributed by atoms with Crippen LogP contribution in [0.15, 0.2) is 21.4 Å². The Labute approximate surface area is 101 Å². The third kappa shape index (κ3) is 1.80. The second-order valence-electron chi connectivity index (χ2n) is 3.43. The van der Waals surface area contributed by atoms with E-state index in [9.17, 15) is 4.79 Å². The molecule has 0 amide bonds. The molecule has 0 aliphatic carbocycles. The number of H-pyrrole nitrogens is 1. The maximum absolute atomic E-state index is 11.9. The van der Waals surface area contributed by atoms with Gasteiger partial charge in [0.2, 0.25) is 0 Å². The van der Waals surface area contributed by atoms with Crippen molar-refractivity contribution in [3.63, 3.8) is 0 Å². The van der Waals surface area contributed by atoms with Gasteiger partial charge in [-0.3, -0.25) is 9.89 Å². The van der Waals surface area contributed by atoms with E-state index in [0.29, 0.717) is 10.3 Å². The lowest BCUT2D eigenvalue weighted by atomic mass is 10.3. The van der Waals surface area contributed by atoms with Crippen molar-refractivity contribution in [2.24, 2.45) is 0 Å². The van der Waals surface area contributed by atoms with Gasteiger partial charge in [-0.15, -0.1) is 5.10 Å². The first-order valence-electron chi connectivity index (χ1n) is 4.93. The molecule has 1 N–H and O–H groups in total. The van der Waals surface area contributed by atoms with Crippen molar-refractivity contribution in [3.05, 3.63) is 38.3 Å². The zero-order valence-corrected chi connectivity index (χ0v) is 10.6. The summed E-state index contributed by atoms with van der Waals surface area (Å²) in [7, 11) is 0. The van der Waals surface area contributed by atoms with Crippen LogP contribution in [-0.4, -0.2) is 20.0 Å². The van der Waals surface area contributed by atoms with Crippen molar-refractivity contribution in [3.8, 4) is 5.82 Å². The quantitative estimate of drug-likeness (QED) is 0.910. The molecule has 84 valence electrons. The third-order valence-corrected chi connectivity index (χ3v) is 3.09. The molecule has 0 spiro atoms. The number of hydrogen-bond acceptors (Lipinski definition) is 3. The molecule has 2 heterocycles. The lowest BCUT2D eigenvalue weighted by molar-refractivity contribution is 0.767. The molecule has 0 bridgehead atoms. The highest BCUT2D eigenvalue weighted by molar-refractivity contribution is 9.10. The number of nitrogens with zero attached hydrogens (tertiary/aromatic N) is 3. The minimum Gasteiger partial charge on any atom is -0.292 e. The fourth-order valence-electron chi connectivity index (χ4n) is 1.37. The van der Waals surface area contributed by atoms with Gasteiger partial charge in [0.15, 0.2) is 5.82 Å². The molecule has 0 radical (unpaired) electrons. The van der Waals surface area contributed by atoms with Gasteiger partial charge in [0.1, 0.15) is 4.47 Å². The van der Waals surface area contributed by atoms with Crippen LogP contribution in [0.1, 0.15) is 18.3 Å². The molecular weight excluding hydrogens is 272 g/mol. The second kappa shape index (κ2) is 4.21. The number of aryl methyl sites for hydroxylation is 2. The minimum atomic E-state index is -0.144. The number of hydrogen-bond donors (Lipinski definition) is 1. The van der Waals surface area contributed by atoms with E-state index in [4.69, 9.17) is 0 Å². The maximum atomic E-state index is 11.9. The summed E-state index contributed by atoms with van der Waals surface area (Å²) in [5.41, 5.74) is 1.53. The molecule has 5 nitrogen and oxygen atoms in total. The van der Waals surface area contributed by atoms with Gasteiger partial charge >= 0.3 is 0 Å². The zero-order chi connectivity index (χ0) is 11.7. The van der Waals surface area contributed by atoms with Crippen molar-refractivity contribution >= 4 is 15.9 Å². The van der Waals surface area contributed by atoms with Crippen molar-refractivity contribution in [1.29, 1.82) is 0 Å². The number of aromatic nitrogens is 4. The first-order valence-corrected chi connectivity index (χ1v) is 5.73. The van der Waals surface area contributed by atoms with E-state index in [-0.39, 0.29) is 5.56 Å². The van der Waals surface area contributed by atoms with E-state index in [1.165, 1.54) is 4.68 Å². The highest BCUT2D eigenvalue weighted by Gasteiger charge is 2.12. The van der Waals surface area contributed by atoms with Crippen LogP contribution < -0.4 is 5.56 Å². The average molecular weight is 283 g/mol. The molecular formula is C10H11BrN4O. The average Bonchev–Trinajstić information content (AvgIpc) is 2.57. The Morgan fingerprint density at radius 2 is 2.19 bits per heavy atom. The van der Waals surface area contributed by atoms with E-state index in [1.54, 1.807) is 6.07 Å². The summed E-state index contributed by atoms with van der Waals surface area (Å²) >= 11 is 3.26. The summed E-state index contributed by atoms with van der Waals surface area (Å²) in [5.74, 6) is 0.496. The van der Waals surface area contributed by atoms with E-state index >= 15 is 0 Å². The van der Waals surface area contributed by atoms with E-state index in [0.717, 1.165) is 17.8 Å². The van der Waals surface area contributed by atoms with Gasteiger partial charge < -0.3 is 0 Å². The van der Waals surface area contributed by atoms with Crippen LogP contribution in [0.3, 0.4) is 0 Å². The van der Waals surface area contributed by atoms with Crippen molar-refractivity contribution in [2.75, 3.05) is 0 Å². The van der Waals surface area contributed by atoms with Crippen LogP contribution in [0.5, 0.6) is 0 Å². The van der Waals surface area contributed by atoms with E-state index < -0.39 is 0 Å². The molecule has 2 aromatic rings. The molecule has 0 saturated heterocycles. The summed E-state index contributed by atoms with van der Waals surface area (Å²) < 4.78 is 1.94. The van der Waals surface area contributed by atoms with Gasteiger partial charge in [-0.05, 0) is 41.4 Å². The Hall–Kier alpha value is -1.43. The second-order valence-corrected chi connectivity index (χ2v) is 4.22. The van der Waals surface area contributed by atoms with Crippen molar-refractivity contribution in [1.82, 2.24) is 20.0 Å². The first-order chi connectivity index (χ1) is 7.63. The Bertz CT molecular complexity index is 555. The van der Waals surface area contributed by atoms with E-state index in [1.807, 2.05) is 19.9 Å². The fourth-order valence-corrected chi connectivity index (χ4v) is 1.92. The molecule has 2 rings (SSSR count). The van der Waals surface area contributed by atoms with Gasteiger partial charge in [-0.25, -0.2) is 0 Å². The largest absolute Gasteiger partial charge is 0.292 e. The predicted molar refractivity (Wildman–Crippen MR) is 63.8 cm³/mol. The number of rotatable bonds is 2. The normalized spacial score (nSPS) is 10.7. The molecule has 2 aromatic heterocycles. The molecule has 0 aliphatic heterocycles. The Kier molecular flexibility index (Phi) is 2.91. The molecule has 6 heteroatoms. The van der Waals surface area contributed by atoms with Crippen molar-refractivity contribution in [2.45, 2.75) is 20.3 Å². The minimum absolute atomic E-state index is 0.144. The monoisotopic (exact) mass is 282 g/mol. The highest BCUT2D eigenvalue weighted by Crippen LogP contribution is 2.11. The first kappa shape index (κ1) is 11.1. The van der Waals surface area contributed by atoms with Crippen LogP contribution in [0, 0.1) is 6.92 Å². The summed E-state index contributed by atoms with van der Waals surface area (Å²) in [4.78, 5) is 11.9. The molecule has 16 heavy (non-hydrogen) atoms. The Morgan fingerprint density at radius 3 is 2.69 bits per heavy atom. The molecule has 0 saturated carbocycles. The summed E-state index contributed by atoms with van der Waals surface area (Å²) in [6, 6.07) is 3.57. The van der Waals surface area contributed by atoms with E-state index in [2.05, 4.69) is 31.2 Å². The van der Waals surface area contributed by atoms with Gasteiger partial charge in [0.25, 0.3) is 5.56 Å². The molecule has 0 fully saturated rings. The SMILES string of the molecule is CCc1[nH]n(-c2ccc(C)nn2)c(=O)c1Br. The maximum Gasteiger partial charge on any atom is 0.287 e. The van der Waals surface area contributed by atoms with Crippen LogP contribution in [0.2, 0.25) is 0 Å². The van der Waals surface area contributed by atoms with Crippen LogP contribution in [-0.2, 0) is 6.42 Å². The predicted octanol–water partition coefficient (Wildman–Crippen LogP) is 1.59. The number of aromatic amines is 1. The molecule has 0 aliphatic rings. The smallest absolute Gasteiger partial charge is 0.287 e. The molecule has 0 atom stereocenters. The molecule has 0 unspecified atom stereocenters. The topological polar surface area (TPSA) is 63.6 Å². The summed E-state index contributed by atoms with van der Waals surface area (Å²) in [6.45, 7) is 3.82. The number of halogens is 1. The lowest BCUT2D eigenvalue weighted by Gasteiger charge is -1.99. The van der Waals surface area contributed by atoms with Crippen molar-refractivity contribution < 1.29 is 0 Å². The summed E-state index contributed by atoms with van der Waals surface area (Å²) in [6.07, 6.45) is 0.752. The van der Waals surface area contributed by atoms with Crippen LogP contribution >= 0.6 is 15.9 Å². The number of nitrogens with one attached hydrogen (secondary N) is 1. The Morgan fingerprint density at radius 1 is 1.44 bits per heavy atom. The zero-order valence-electron chi connectivity index (χ0n) is 8.99. The highest BCUT2D eigenvalue weighted by atomic mass is 79.9. The third-order valence-electron chi connectivity index (χ3n) is 2.27. The molecule has 0 aromatic carbocycles. The fraction of sp³-hybridized carbons (Fsp3) is 0.300. The van der Waals surface area contributed by atoms with Crippen LogP contribution in [0.4, 0.5) is 0 Å². The standard InChI is InChI=1S/C10H11BrN4O/c1-3-7-9(11)10(16)15(14-7)8-5-4-6(2)12-13-8/h4-5,14H,3H2,1-2H3. The van der Waals surface area contributed by atoms with Gasteiger partial charge in [0, 0.05) is 0 Å². The van der Waals surface area contributed by atoms with Crippen LogP contribution in [0.25, 0.3) is 5.82 Å². The van der Waals surface area contributed by atoms with Gasteiger partial charge in [-0.2, -0.15) is 9.78 Å².